The lowest BCUT2D eigenvalue weighted by molar-refractivity contribution is 1.34. The number of aromatic amines is 1. The first-order valence-corrected chi connectivity index (χ1v) is 6.95. The fraction of sp³-hybridized carbons (Fsp3) is 0. The Kier molecular flexibility index (Phi) is 2.61. The van der Waals surface area contributed by atoms with Crippen LogP contribution in [0.2, 0.25) is 0 Å². The molecule has 2 heterocycles. The molecule has 2 nitrogen and oxygen atoms in total. The van der Waals surface area contributed by atoms with E-state index in [0.717, 1.165) is 27.9 Å². The molecule has 4 rings (SSSR count). The van der Waals surface area contributed by atoms with Gasteiger partial charge in [-0.05, 0) is 17.7 Å². The zero-order valence-electron chi connectivity index (χ0n) is 11.5. The number of aromatic nitrogens is 2. The lowest BCUT2D eigenvalue weighted by atomic mass is 10.1. The summed E-state index contributed by atoms with van der Waals surface area (Å²) < 4.78 is 0. The van der Waals surface area contributed by atoms with Gasteiger partial charge >= 0.3 is 0 Å². The molecule has 100 valence electrons. The molecule has 0 spiro atoms. The topological polar surface area (TPSA) is 28.7 Å². The van der Waals surface area contributed by atoms with Crippen LogP contribution in [0.3, 0.4) is 0 Å². The van der Waals surface area contributed by atoms with Gasteiger partial charge in [0.25, 0.3) is 0 Å². The van der Waals surface area contributed by atoms with Crippen LogP contribution >= 0.6 is 0 Å². The number of rotatable bonds is 2. The maximum Gasteiger partial charge on any atom is 0.0943 e. The van der Waals surface area contributed by atoms with Crippen LogP contribution < -0.4 is 0 Å². The van der Waals surface area contributed by atoms with E-state index in [9.17, 15) is 0 Å². The van der Waals surface area contributed by atoms with Crippen molar-refractivity contribution in [3.05, 3.63) is 72.9 Å². The first-order chi connectivity index (χ1) is 10.4. The van der Waals surface area contributed by atoms with Crippen LogP contribution in [0, 0.1) is 0 Å². The van der Waals surface area contributed by atoms with Gasteiger partial charge in [0, 0.05) is 28.0 Å². The lowest BCUT2D eigenvalue weighted by Gasteiger charge is -2.03. The summed E-state index contributed by atoms with van der Waals surface area (Å²) in [6.07, 6.45) is 3.72. The van der Waals surface area contributed by atoms with Gasteiger partial charge in [-0.25, -0.2) is 0 Å². The molecule has 0 bridgehead atoms. The van der Waals surface area contributed by atoms with E-state index >= 15 is 0 Å². The van der Waals surface area contributed by atoms with Gasteiger partial charge in [-0.1, -0.05) is 55.1 Å². The number of H-pyrrole nitrogens is 1. The van der Waals surface area contributed by atoms with Crippen molar-refractivity contribution in [1.29, 1.82) is 0 Å². The van der Waals surface area contributed by atoms with E-state index in [1.54, 1.807) is 0 Å². The van der Waals surface area contributed by atoms with Gasteiger partial charge in [-0.15, -0.1) is 0 Å². The normalized spacial score (nSPS) is 11.0. The summed E-state index contributed by atoms with van der Waals surface area (Å²) >= 11 is 0. The van der Waals surface area contributed by atoms with Crippen molar-refractivity contribution < 1.29 is 0 Å². The minimum atomic E-state index is 0.985. The second-order valence-corrected chi connectivity index (χ2v) is 5.08. The number of hydrogen-bond acceptors (Lipinski definition) is 1. The molecule has 0 unspecified atom stereocenters. The first-order valence-electron chi connectivity index (χ1n) is 6.95. The van der Waals surface area contributed by atoms with Crippen molar-refractivity contribution in [2.24, 2.45) is 0 Å². The summed E-state index contributed by atoms with van der Waals surface area (Å²) in [5, 5.41) is 2.45. The van der Waals surface area contributed by atoms with Crippen LogP contribution in [-0.4, -0.2) is 9.97 Å². The Morgan fingerprint density at radius 2 is 1.71 bits per heavy atom. The number of para-hydroxylation sites is 1. The Bertz CT molecular complexity index is 946. The van der Waals surface area contributed by atoms with Gasteiger partial charge in [0.15, 0.2) is 0 Å². The molecule has 0 fully saturated rings. The van der Waals surface area contributed by atoms with E-state index < -0.39 is 0 Å². The fourth-order valence-corrected chi connectivity index (χ4v) is 2.77. The molecule has 0 aliphatic heterocycles. The molecule has 0 radical (unpaired) electrons. The highest BCUT2D eigenvalue weighted by molar-refractivity contribution is 6.10. The number of pyridine rings is 1. The average Bonchev–Trinajstić information content (AvgIpc) is 2.94. The predicted molar refractivity (Wildman–Crippen MR) is 89.1 cm³/mol. The fourth-order valence-electron chi connectivity index (χ4n) is 2.77. The Balaban J connectivity index is 2.01. The highest BCUT2D eigenvalue weighted by Crippen LogP contribution is 2.31. The van der Waals surface area contributed by atoms with Crippen molar-refractivity contribution in [2.45, 2.75) is 0 Å². The molecule has 1 N–H and O–H groups in total. The highest BCUT2D eigenvalue weighted by atomic mass is 14.8. The van der Waals surface area contributed by atoms with Crippen LogP contribution in [-0.2, 0) is 0 Å². The van der Waals surface area contributed by atoms with Crippen LogP contribution in [0.15, 0.2) is 67.4 Å². The third-order valence-corrected chi connectivity index (χ3v) is 3.85. The molecule has 2 aromatic heterocycles. The molecule has 0 atom stereocenters. The summed E-state index contributed by atoms with van der Waals surface area (Å²) in [5.41, 5.74) is 5.44. The zero-order valence-corrected chi connectivity index (χ0v) is 11.5. The van der Waals surface area contributed by atoms with Crippen LogP contribution in [0.1, 0.15) is 5.56 Å². The molecule has 2 aromatic carbocycles. The van der Waals surface area contributed by atoms with Gasteiger partial charge in [0.1, 0.15) is 0 Å². The van der Waals surface area contributed by atoms with Crippen molar-refractivity contribution in [3.8, 4) is 11.3 Å². The van der Waals surface area contributed by atoms with Crippen LogP contribution in [0.25, 0.3) is 39.1 Å². The van der Waals surface area contributed by atoms with Gasteiger partial charge in [-0.2, -0.15) is 0 Å². The number of benzene rings is 2. The third kappa shape index (κ3) is 1.84. The summed E-state index contributed by atoms with van der Waals surface area (Å²) in [6, 6.07) is 18.7. The number of fused-ring (bicyclic) bond motifs is 3. The standard InChI is InChI=1S/C19H14N2/c1-2-13-7-9-14(10-8-13)18-19-16(11-12-20-18)15-5-3-4-6-17(15)21-19/h2-12,21H,1H2. The average molecular weight is 270 g/mol. The number of hydrogen-bond donors (Lipinski definition) is 1. The van der Waals surface area contributed by atoms with Crippen LogP contribution in [0.4, 0.5) is 0 Å². The second-order valence-electron chi connectivity index (χ2n) is 5.08. The minimum Gasteiger partial charge on any atom is -0.353 e. The van der Waals surface area contributed by atoms with Gasteiger partial charge < -0.3 is 4.98 Å². The predicted octanol–water partition coefficient (Wildman–Crippen LogP) is 5.03. The molecule has 4 aromatic rings. The summed E-state index contributed by atoms with van der Waals surface area (Å²) in [5.74, 6) is 0. The molecule has 0 saturated heterocycles. The number of nitrogens with zero attached hydrogens (tertiary/aromatic N) is 1. The van der Waals surface area contributed by atoms with Gasteiger partial charge in [0.05, 0.1) is 11.2 Å². The third-order valence-electron chi connectivity index (χ3n) is 3.85. The van der Waals surface area contributed by atoms with E-state index in [4.69, 9.17) is 0 Å². The molecule has 21 heavy (non-hydrogen) atoms. The highest BCUT2D eigenvalue weighted by Gasteiger charge is 2.10. The van der Waals surface area contributed by atoms with Gasteiger partial charge in [-0.3, -0.25) is 4.98 Å². The quantitative estimate of drug-likeness (QED) is 0.544. The van der Waals surface area contributed by atoms with E-state index in [1.165, 1.54) is 10.8 Å². The van der Waals surface area contributed by atoms with E-state index in [2.05, 4.69) is 65.1 Å². The van der Waals surface area contributed by atoms with E-state index in [-0.39, 0.29) is 0 Å². The Morgan fingerprint density at radius 1 is 0.905 bits per heavy atom. The van der Waals surface area contributed by atoms with Gasteiger partial charge in [0.2, 0.25) is 0 Å². The zero-order chi connectivity index (χ0) is 14.2. The van der Waals surface area contributed by atoms with Crippen molar-refractivity contribution >= 4 is 27.9 Å². The molecule has 2 heteroatoms. The lowest BCUT2D eigenvalue weighted by Crippen LogP contribution is -1.85. The number of nitrogens with one attached hydrogen (secondary N) is 1. The maximum absolute atomic E-state index is 4.57. The Morgan fingerprint density at radius 3 is 2.52 bits per heavy atom. The van der Waals surface area contributed by atoms with Crippen LogP contribution in [0.5, 0.6) is 0 Å². The van der Waals surface area contributed by atoms with E-state index in [1.807, 2.05) is 18.3 Å². The SMILES string of the molecule is C=Cc1ccc(-c2nccc3c2[nH]c2ccccc23)cc1. The maximum atomic E-state index is 4.57. The largest absolute Gasteiger partial charge is 0.353 e. The molecule has 0 aliphatic carbocycles. The molecule has 0 aliphatic rings. The Hall–Kier alpha value is -2.87. The molecular formula is C19H14N2. The summed E-state index contributed by atoms with van der Waals surface area (Å²) in [7, 11) is 0. The monoisotopic (exact) mass is 270 g/mol. The summed E-state index contributed by atoms with van der Waals surface area (Å²) in [4.78, 5) is 8.06. The van der Waals surface area contributed by atoms with Crippen molar-refractivity contribution in [2.75, 3.05) is 0 Å². The molecule has 0 saturated carbocycles. The molecular weight excluding hydrogens is 256 g/mol. The molecule has 0 amide bonds. The minimum absolute atomic E-state index is 0.985. The second kappa shape index (κ2) is 4.60. The summed E-state index contributed by atoms with van der Waals surface area (Å²) in [6.45, 7) is 3.79. The first kappa shape index (κ1) is 11.9. The smallest absolute Gasteiger partial charge is 0.0943 e. The van der Waals surface area contributed by atoms with Crippen molar-refractivity contribution in [1.82, 2.24) is 9.97 Å². The van der Waals surface area contributed by atoms with Crippen molar-refractivity contribution in [3.63, 3.8) is 0 Å². The Labute approximate surface area is 122 Å². The van der Waals surface area contributed by atoms with E-state index in [0.29, 0.717) is 0 Å².